The lowest BCUT2D eigenvalue weighted by molar-refractivity contribution is -0.124. The van der Waals surface area contributed by atoms with Gasteiger partial charge in [-0.25, -0.2) is 0 Å². The van der Waals surface area contributed by atoms with Gasteiger partial charge in [0.05, 0.1) is 0 Å². The summed E-state index contributed by atoms with van der Waals surface area (Å²) in [6.07, 6.45) is 1.99. The van der Waals surface area contributed by atoms with Gasteiger partial charge in [-0.2, -0.15) is 0 Å². The molecule has 2 atom stereocenters. The molecule has 1 saturated heterocycles. The monoisotopic (exact) mass is 199 g/mol. The van der Waals surface area contributed by atoms with Crippen LogP contribution < -0.4 is 16.4 Å². The lowest BCUT2D eigenvalue weighted by atomic mass is 10.0. The van der Waals surface area contributed by atoms with Crippen LogP contribution >= 0.6 is 0 Å². The van der Waals surface area contributed by atoms with Crippen LogP contribution in [0, 0.1) is 5.92 Å². The smallest absolute Gasteiger partial charge is 0.222 e. The summed E-state index contributed by atoms with van der Waals surface area (Å²) in [5.74, 6) is 0.179. The number of amides is 1. The van der Waals surface area contributed by atoms with Crippen LogP contribution in [0.4, 0.5) is 0 Å². The predicted molar refractivity (Wildman–Crippen MR) is 56.8 cm³/mol. The van der Waals surface area contributed by atoms with Crippen molar-refractivity contribution in [2.24, 2.45) is 11.7 Å². The third-order valence-electron chi connectivity index (χ3n) is 2.58. The molecule has 0 aromatic carbocycles. The number of hydrogen-bond donors (Lipinski definition) is 3. The lowest BCUT2D eigenvalue weighted by Gasteiger charge is -2.28. The Balaban J connectivity index is 2.20. The number of carbonyl (C=O) groups is 1. The van der Waals surface area contributed by atoms with E-state index in [9.17, 15) is 4.79 Å². The highest BCUT2D eigenvalue weighted by Gasteiger charge is 2.19. The van der Waals surface area contributed by atoms with Crippen LogP contribution in [0.1, 0.15) is 26.7 Å². The molecule has 4 heteroatoms. The molecule has 2 unspecified atom stereocenters. The van der Waals surface area contributed by atoms with E-state index in [1.807, 2.05) is 13.8 Å². The van der Waals surface area contributed by atoms with Crippen LogP contribution in [0.3, 0.4) is 0 Å². The summed E-state index contributed by atoms with van der Waals surface area (Å²) < 4.78 is 0. The van der Waals surface area contributed by atoms with E-state index in [1.165, 1.54) is 0 Å². The van der Waals surface area contributed by atoms with Crippen molar-refractivity contribution >= 4 is 5.91 Å². The molecule has 4 nitrogen and oxygen atoms in total. The van der Waals surface area contributed by atoms with Crippen LogP contribution in [-0.4, -0.2) is 31.1 Å². The highest BCUT2D eigenvalue weighted by molar-refractivity contribution is 5.77. The van der Waals surface area contributed by atoms with Gasteiger partial charge in [0.15, 0.2) is 0 Å². The van der Waals surface area contributed by atoms with Gasteiger partial charge < -0.3 is 16.4 Å². The van der Waals surface area contributed by atoms with E-state index in [0.717, 1.165) is 19.4 Å². The van der Waals surface area contributed by atoms with Gasteiger partial charge in [-0.1, -0.05) is 13.8 Å². The Morgan fingerprint density at radius 3 is 2.93 bits per heavy atom. The number of nitrogens with two attached hydrogens (primary N) is 1. The van der Waals surface area contributed by atoms with E-state index in [4.69, 9.17) is 5.73 Å². The topological polar surface area (TPSA) is 67.2 Å². The standard InChI is InChI=1S/C10H21N3O/c1-7(2)10(14)13-6-9-5-8(11)3-4-12-9/h7-9,12H,3-6,11H2,1-2H3,(H,13,14). The summed E-state index contributed by atoms with van der Waals surface area (Å²) in [7, 11) is 0. The first kappa shape index (κ1) is 11.5. The van der Waals surface area contributed by atoms with Crippen LogP contribution in [0.5, 0.6) is 0 Å². The zero-order valence-electron chi connectivity index (χ0n) is 9.05. The molecular weight excluding hydrogens is 178 g/mol. The van der Waals surface area contributed by atoms with Gasteiger partial charge in [-0.3, -0.25) is 4.79 Å². The third-order valence-corrected chi connectivity index (χ3v) is 2.58. The first-order chi connectivity index (χ1) is 6.59. The van der Waals surface area contributed by atoms with E-state index in [2.05, 4.69) is 10.6 Å². The maximum absolute atomic E-state index is 11.3. The quantitative estimate of drug-likeness (QED) is 0.591. The summed E-state index contributed by atoms with van der Waals surface area (Å²) >= 11 is 0. The van der Waals surface area contributed by atoms with Crippen LogP contribution in [0.25, 0.3) is 0 Å². The van der Waals surface area contributed by atoms with Crippen molar-refractivity contribution in [3.63, 3.8) is 0 Å². The molecule has 82 valence electrons. The molecule has 0 saturated carbocycles. The van der Waals surface area contributed by atoms with Crippen molar-refractivity contribution in [1.82, 2.24) is 10.6 Å². The van der Waals surface area contributed by atoms with Crippen molar-refractivity contribution in [3.8, 4) is 0 Å². The molecule has 1 rings (SSSR count). The molecule has 1 aliphatic rings. The molecule has 14 heavy (non-hydrogen) atoms. The number of rotatable bonds is 3. The maximum atomic E-state index is 11.3. The summed E-state index contributed by atoms with van der Waals surface area (Å²) in [6.45, 7) is 5.46. The average Bonchev–Trinajstić information content (AvgIpc) is 2.14. The molecule has 4 N–H and O–H groups in total. The molecular formula is C10H21N3O. The second-order valence-electron chi connectivity index (χ2n) is 4.34. The summed E-state index contributed by atoms with van der Waals surface area (Å²) in [5.41, 5.74) is 5.84. The number of carbonyl (C=O) groups excluding carboxylic acids is 1. The van der Waals surface area contributed by atoms with Gasteiger partial charge in [0, 0.05) is 24.5 Å². The molecule has 0 radical (unpaired) electrons. The number of piperidine rings is 1. The molecule has 0 aromatic rings. The SMILES string of the molecule is CC(C)C(=O)NCC1CC(N)CCN1. The van der Waals surface area contributed by atoms with Crippen LogP contribution in [0.2, 0.25) is 0 Å². The first-order valence-electron chi connectivity index (χ1n) is 5.36. The Morgan fingerprint density at radius 2 is 2.36 bits per heavy atom. The van der Waals surface area contributed by atoms with Crippen LogP contribution in [0.15, 0.2) is 0 Å². The van der Waals surface area contributed by atoms with Crippen molar-refractivity contribution in [2.45, 2.75) is 38.8 Å². The Kier molecular flexibility index (Phi) is 4.35. The highest BCUT2D eigenvalue weighted by atomic mass is 16.1. The first-order valence-corrected chi connectivity index (χ1v) is 5.36. The minimum absolute atomic E-state index is 0.0623. The zero-order chi connectivity index (χ0) is 10.6. The fourth-order valence-corrected chi connectivity index (χ4v) is 1.62. The van der Waals surface area contributed by atoms with E-state index in [-0.39, 0.29) is 17.9 Å². The summed E-state index contributed by atoms with van der Waals surface area (Å²) in [5, 5.41) is 6.26. The lowest BCUT2D eigenvalue weighted by Crippen LogP contribution is -2.49. The Bertz CT molecular complexity index is 194. The molecule has 1 fully saturated rings. The van der Waals surface area contributed by atoms with Crippen molar-refractivity contribution in [3.05, 3.63) is 0 Å². The Hall–Kier alpha value is -0.610. The van der Waals surface area contributed by atoms with Gasteiger partial charge >= 0.3 is 0 Å². The molecule has 1 amide bonds. The Labute approximate surface area is 85.6 Å². The minimum Gasteiger partial charge on any atom is -0.354 e. The van der Waals surface area contributed by atoms with Crippen LogP contribution in [-0.2, 0) is 4.79 Å². The van der Waals surface area contributed by atoms with E-state index in [0.29, 0.717) is 12.6 Å². The van der Waals surface area contributed by atoms with Gasteiger partial charge in [0.25, 0.3) is 0 Å². The maximum Gasteiger partial charge on any atom is 0.222 e. The summed E-state index contributed by atoms with van der Waals surface area (Å²) in [4.78, 5) is 11.3. The molecule has 0 aliphatic carbocycles. The minimum atomic E-state index is 0.0623. The molecule has 1 aliphatic heterocycles. The second kappa shape index (κ2) is 5.32. The zero-order valence-corrected chi connectivity index (χ0v) is 9.05. The normalized spacial score (nSPS) is 27.7. The molecule has 0 spiro atoms. The van der Waals surface area contributed by atoms with Crippen molar-refractivity contribution in [1.29, 1.82) is 0 Å². The summed E-state index contributed by atoms with van der Waals surface area (Å²) in [6, 6.07) is 0.638. The second-order valence-corrected chi connectivity index (χ2v) is 4.34. The van der Waals surface area contributed by atoms with Crippen molar-refractivity contribution < 1.29 is 4.79 Å². The Morgan fingerprint density at radius 1 is 1.64 bits per heavy atom. The largest absolute Gasteiger partial charge is 0.354 e. The molecule has 1 heterocycles. The predicted octanol–water partition coefficient (Wildman–Crippen LogP) is -0.162. The third kappa shape index (κ3) is 3.64. The van der Waals surface area contributed by atoms with E-state index < -0.39 is 0 Å². The fraction of sp³-hybridized carbons (Fsp3) is 0.900. The van der Waals surface area contributed by atoms with E-state index in [1.54, 1.807) is 0 Å². The number of hydrogen-bond acceptors (Lipinski definition) is 3. The number of nitrogens with one attached hydrogen (secondary N) is 2. The van der Waals surface area contributed by atoms with Gasteiger partial charge in [0.1, 0.15) is 0 Å². The fourth-order valence-electron chi connectivity index (χ4n) is 1.62. The molecule has 0 bridgehead atoms. The van der Waals surface area contributed by atoms with Gasteiger partial charge in [-0.05, 0) is 19.4 Å². The molecule has 0 aromatic heterocycles. The average molecular weight is 199 g/mol. The van der Waals surface area contributed by atoms with E-state index >= 15 is 0 Å². The van der Waals surface area contributed by atoms with Gasteiger partial charge in [-0.15, -0.1) is 0 Å². The highest BCUT2D eigenvalue weighted by Crippen LogP contribution is 2.05. The van der Waals surface area contributed by atoms with Crippen molar-refractivity contribution in [2.75, 3.05) is 13.1 Å². The van der Waals surface area contributed by atoms with Gasteiger partial charge in [0.2, 0.25) is 5.91 Å².